The molecular formula is C17H19ClFN5O3S. The second-order valence-electron chi connectivity index (χ2n) is 6.93. The first-order valence-electron chi connectivity index (χ1n) is 8.03. The number of nitrogens with two attached hydrogens (primary N) is 2. The lowest BCUT2D eigenvalue weighted by molar-refractivity contribution is -0.121. The van der Waals surface area contributed by atoms with Gasteiger partial charge in [-0.3, -0.25) is 19.3 Å². The Labute approximate surface area is 169 Å². The number of carbonyl (C=O) groups excluding carboxylic acids is 3. The molecule has 8 nitrogen and oxygen atoms in total. The van der Waals surface area contributed by atoms with Crippen LogP contribution in [0.4, 0.5) is 15.8 Å². The zero-order chi connectivity index (χ0) is 21.2. The van der Waals surface area contributed by atoms with Crippen LogP contribution in [-0.2, 0) is 4.79 Å². The van der Waals surface area contributed by atoms with Crippen molar-refractivity contribution in [2.24, 2.45) is 5.73 Å². The fourth-order valence-electron chi connectivity index (χ4n) is 2.29. The van der Waals surface area contributed by atoms with Gasteiger partial charge < -0.3 is 16.8 Å². The predicted molar refractivity (Wildman–Crippen MR) is 106 cm³/mol. The number of halogens is 2. The molecule has 3 amide bonds. The molecule has 0 bridgehead atoms. The molecule has 2 aromatic rings. The van der Waals surface area contributed by atoms with E-state index in [9.17, 15) is 18.8 Å². The average molecular weight is 428 g/mol. The maximum atomic E-state index is 13.5. The Balaban J connectivity index is 2.45. The third kappa shape index (κ3) is 4.96. The number of anilines is 2. The fourth-order valence-corrected chi connectivity index (χ4v) is 3.22. The first kappa shape index (κ1) is 21.6. The molecule has 1 aromatic heterocycles. The third-order valence-electron chi connectivity index (χ3n) is 3.43. The minimum absolute atomic E-state index is 0.0715. The Bertz CT molecular complexity index is 941. The highest BCUT2D eigenvalue weighted by Crippen LogP contribution is 2.28. The molecule has 0 fully saturated rings. The smallest absolute Gasteiger partial charge is 0.272 e. The predicted octanol–water partition coefficient (Wildman–Crippen LogP) is 2.18. The van der Waals surface area contributed by atoms with E-state index in [2.05, 4.69) is 9.69 Å². The van der Waals surface area contributed by atoms with Gasteiger partial charge in [-0.2, -0.15) is 4.37 Å². The summed E-state index contributed by atoms with van der Waals surface area (Å²) in [6.45, 7) is 4.96. The monoisotopic (exact) mass is 427 g/mol. The highest BCUT2D eigenvalue weighted by molar-refractivity contribution is 7.09. The van der Waals surface area contributed by atoms with E-state index in [1.807, 2.05) is 0 Å². The SMILES string of the molecule is CC(C)(C)NC(=O)CN(C(=O)c1snc(C(N)=O)c1N)c1ccc(F)c(Cl)c1. The highest BCUT2D eigenvalue weighted by Gasteiger charge is 2.28. The second-order valence-corrected chi connectivity index (χ2v) is 8.11. The van der Waals surface area contributed by atoms with E-state index in [4.69, 9.17) is 23.1 Å². The second kappa shape index (κ2) is 8.11. The minimum atomic E-state index is -0.880. The molecule has 0 saturated carbocycles. The van der Waals surface area contributed by atoms with Gasteiger partial charge in [-0.05, 0) is 50.5 Å². The molecule has 0 aliphatic rings. The molecule has 1 heterocycles. The van der Waals surface area contributed by atoms with Gasteiger partial charge in [0.1, 0.15) is 17.2 Å². The topological polar surface area (TPSA) is 131 Å². The summed E-state index contributed by atoms with van der Waals surface area (Å²) >= 11 is 6.50. The number of nitrogens with one attached hydrogen (secondary N) is 1. The maximum Gasteiger partial charge on any atom is 0.272 e. The van der Waals surface area contributed by atoms with E-state index in [1.165, 1.54) is 12.1 Å². The summed E-state index contributed by atoms with van der Waals surface area (Å²) in [4.78, 5) is 37.8. The molecule has 5 N–H and O–H groups in total. The van der Waals surface area contributed by atoms with Gasteiger partial charge in [0, 0.05) is 11.2 Å². The van der Waals surface area contributed by atoms with Crippen LogP contribution in [0.25, 0.3) is 0 Å². The van der Waals surface area contributed by atoms with Crippen molar-refractivity contribution in [2.75, 3.05) is 17.2 Å². The molecule has 2 rings (SSSR count). The van der Waals surface area contributed by atoms with Gasteiger partial charge in [-0.15, -0.1) is 0 Å². The summed E-state index contributed by atoms with van der Waals surface area (Å²) in [7, 11) is 0. The van der Waals surface area contributed by atoms with Gasteiger partial charge in [0.2, 0.25) is 5.91 Å². The lowest BCUT2D eigenvalue weighted by Gasteiger charge is -2.26. The summed E-state index contributed by atoms with van der Waals surface area (Å²) in [5.41, 5.74) is 10.2. The number of aromatic nitrogens is 1. The van der Waals surface area contributed by atoms with E-state index < -0.39 is 29.1 Å². The molecule has 0 atom stereocenters. The highest BCUT2D eigenvalue weighted by atomic mass is 35.5. The average Bonchev–Trinajstić information content (AvgIpc) is 2.95. The van der Waals surface area contributed by atoms with Crippen LogP contribution >= 0.6 is 23.1 Å². The number of benzene rings is 1. The Morgan fingerprint density at radius 2 is 1.96 bits per heavy atom. The Morgan fingerprint density at radius 3 is 2.46 bits per heavy atom. The maximum absolute atomic E-state index is 13.5. The Hall–Kier alpha value is -2.72. The Kier molecular flexibility index (Phi) is 6.25. The fraction of sp³-hybridized carbons (Fsp3) is 0.294. The molecule has 0 saturated heterocycles. The molecular weight excluding hydrogens is 409 g/mol. The molecule has 1 aromatic carbocycles. The van der Waals surface area contributed by atoms with Crippen LogP contribution < -0.4 is 21.7 Å². The summed E-state index contributed by atoms with van der Waals surface area (Å²) in [5.74, 6) is -2.71. The minimum Gasteiger partial charge on any atom is -0.395 e. The first-order valence-corrected chi connectivity index (χ1v) is 9.18. The van der Waals surface area contributed by atoms with Crippen molar-refractivity contribution in [3.05, 3.63) is 39.6 Å². The van der Waals surface area contributed by atoms with Gasteiger partial charge >= 0.3 is 0 Å². The third-order valence-corrected chi connectivity index (χ3v) is 4.57. The van der Waals surface area contributed by atoms with E-state index in [1.54, 1.807) is 20.8 Å². The molecule has 150 valence electrons. The quantitative estimate of drug-likeness (QED) is 0.672. The van der Waals surface area contributed by atoms with Gasteiger partial charge in [-0.25, -0.2) is 4.39 Å². The van der Waals surface area contributed by atoms with Crippen LogP contribution in [0.2, 0.25) is 5.02 Å². The van der Waals surface area contributed by atoms with Gasteiger partial charge in [-0.1, -0.05) is 11.6 Å². The zero-order valence-corrected chi connectivity index (χ0v) is 16.9. The largest absolute Gasteiger partial charge is 0.395 e. The van der Waals surface area contributed by atoms with Crippen LogP contribution in [0.5, 0.6) is 0 Å². The summed E-state index contributed by atoms with van der Waals surface area (Å²) in [6.07, 6.45) is 0. The van der Waals surface area contributed by atoms with Crippen molar-refractivity contribution in [3.63, 3.8) is 0 Å². The van der Waals surface area contributed by atoms with Crippen molar-refractivity contribution in [3.8, 4) is 0 Å². The van der Waals surface area contributed by atoms with Crippen molar-refractivity contribution >= 4 is 52.2 Å². The number of primary amides is 1. The van der Waals surface area contributed by atoms with E-state index in [-0.39, 0.29) is 33.5 Å². The first-order chi connectivity index (χ1) is 12.9. The van der Waals surface area contributed by atoms with Crippen molar-refractivity contribution < 1.29 is 18.8 Å². The molecule has 0 radical (unpaired) electrons. The van der Waals surface area contributed by atoms with Crippen LogP contribution in [-0.4, -0.2) is 34.2 Å². The number of hydrogen-bond donors (Lipinski definition) is 3. The number of amides is 3. The summed E-state index contributed by atoms with van der Waals surface area (Å²) in [6, 6.07) is 3.59. The van der Waals surface area contributed by atoms with E-state index >= 15 is 0 Å². The normalized spacial score (nSPS) is 11.2. The number of nitrogens with zero attached hydrogens (tertiary/aromatic N) is 2. The number of nitrogen functional groups attached to an aromatic ring is 1. The lowest BCUT2D eigenvalue weighted by atomic mass is 10.1. The zero-order valence-electron chi connectivity index (χ0n) is 15.4. The van der Waals surface area contributed by atoms with Gasteiger partial charge in [0.05, 0.1) is 10.7 Å². The number of hydrogen-bond acceptors (Lipinski definition) is 6. The van der Waals surface area contributed by atoms with Gasteiger partial charge in [0.25, 0.3) is 11.8 Å². The van der Waals surface area contributed by atoms with Crippen LogP contribution in [0, 0.1) is 5.82 Å². The summed E-state index contributed by atoms with van der Waals surface area (Å²) in [5, 5.41) is 2.51. The van der Waals surface area contributed by atoms with Crippen LogP contribution in [0.3, 0.4) is 0 Å². The van der Waals surface area contributed by atoms with Crippen LogP contribution in [0.15, 0.2) is 18.2 Å². The standard InChI is InChI=1S/C17H19ClFN5O3S/c1-17(2,3)22-11(25)7-24(8-4-5-10(19)9(18)6-8)16(27)14-12(20)13(15(21)26)23-28-14/h4-6H,7,20H2,1-3H3,(H2,21,26)(H,22,25). The van der Waals surface area contributed by atoms with Crippen molar-refractivity contribution in [2.45, 2.75) is 26.3 Å². The number of carbonyl (C=O) groups is 3. The lowest BCUT2D eigenvalue weighted by Crippen LogP contribution is -2.47. The van der Waals surface area contributed by atoms with Crippen LogP contribution in [0.1, 0.15) is 40.9 Å². The number of rotatable bonds is 5. The van der Waals surface area contributed by atoms with E-state index in [0.29, 0.717) is 11.5 Å². The molecule has 11 heteroatoms. The van der Waals surface area contributed by atoms with E-state index in [0.717, 1.165) is 11.0 Å². The molecule has 0 aliphatic heterocycles. The Morgan fingerprint density at radius 1 is 1.32 bits per heavy atom. The summed E-state index contributed by atoms with van der Waals surface area (Å²) < 4.78 is 17.3. The molecule has 0 spiro atoms. The molecule has 0 unspecified atom stereocenters. The molecule has 0 aliphatic carbocycles. The van der Waals surface area contributed by atoms with Gasteiger partial charge in [0.15, 0.2) is 5.69 Å². The van der Waals surface area contributed by atoms with Crippen molar-refractivity contribution in [1.29, 1.82) is 0 Å². The van der Waals surface area contributed by atoms with Crippen molar-refractivity contribution in [1.82, 2.24) is 9.69 Å². The molecule has 28 heavy (non-hydrogen) atoms.